The molecular weight excluding hydrogens is 212 g/mol. The lowest BCUT2D eigenvalue weighted by Crippen LogP contribution is -2.25. The van der Waals surface area contributed by atoms with Crippen LogP contribution in [-0.2, 0) is 9.53 Å². The van der Waals surface area contributed by atoms with Crippen LogP contribution in [0.15, 0.2) is 0 Å². The van der Waals surface area contributed by atoms with Crippen molar-refractivity contribution in [2.24, 2.45) is 5.41 Å². The average molecular weight is 232 g/mol. The molecule has 88 valence electrons. The first-order valence-corrected chi connectivity index (χ1v) is 6.50. The highest BCUT2D eigenvalue weighted by atomic mass is 32.2. The normalized spacial score (nSPS) is 19.1. The molecule has 0 radical (unpaired) electrons. The maximum absolute atomic E-state index is 10.9. The van der Waals surface area contributed by atoms with Gasteiger partial charge in [-0.1, -0.05) is 0 Å². The Labute approximate surface area is 95.6 Å². The zero-order chi connectivity index (χ0) is 11.3. The Hall–Kier alpha value is -0.220. The second-order valence-electron chi connectivity index (χ2n) is 4.62. The fraction of sp³-hybridized carbons (Fsp3) is 0.909. The number of rotatable bonds is 5. The number of carboxylic acids is 1. The Balaban J connectivity index is 2.17. The Morgan fingerprint density at radius 1 is 1.47 bits per heavy atom. The van der Waals surface area contributed by atoms with Gasteiger partial charge in [-0.15, -0.1) is 0 Å². The van der Waals surface area contributed by atoms with Crippen LogP contribution in [0.5, 0.6) is 0 Å². The zero-order valence-electron chi connectivity index (χ0n) is 9.49. The van der Waals surface area contributed by atoms with E-state index in [2.05, 4.69) is 0 Å². The van der Waals surface area contributed by atoms with Gasteiger partial charge in [-0.3, -0.25) is 4.79 Å². The number of hydrogen-bond acceptors (Lipinski definition) is 3. The Morgan fingerprint density at radius 2 is 2.07 bits per heavy atom. The van der Waals surface area contributed by atoms with E-state index in [-0.39, 0.29) is 0 Å². The van der Waals surface area contributed by atoms with Crippen LogP contribution in [0.4, 0.5) is 0 Å². The fourth-order valence-corrected chi connectivity index (χ4v) is 2.92. The highest BCUT2D eigenvalue weighted by Gasteiger charge is 2.27. The maximum atomic E-state index is 10.9. The van der Waals surface area contributed by atoms with E-state index in [1.54, 1.807) is 13.8 Å². The molecule has 15 heavy (non-hydrogen) atoms. The molecule has 0 bridgehead atoms. The van der Waals surface area contributed by atoms with Gasteiger partial charge in [0.15, 0.2) is 0 Å². The summed E-state index contributed by atoms with van der Waals surface area (Å²) in [6, 6.07) is 0. The third kappa shape index (κ3) is 4.43. The fourth-order valence-electron chi connectivity index (χ4n) is 1.43. The smallest absolute Gasteiger partial charge is 0.309 e. The lowest BCUT2D eigenvalue weighted by atomic mass is 9.91. The molecule has 0 atom stereocenters. The quantitative estimate of drug-likeness (QED) is 0.790. The van der Waals surface area contributed by atoms with E-state index in [1.165, 1.54) is 0 Å². The molecule has 1 heterocycles. The van der Waals surface area contributed by atoms with E-state index < -0.39 is 11.4 Å². The molecule has 1 saturated heterocycles. The molecule has 0 spiro atoms. The molecule has 4 heteroatoms. The predicted molar refractivity (Wildman–Crippen MR) is 62.3 cm³/mol. The first kappa shape index (κ1) is 12.8. The summed E-state index contributed by atoms with van der Waals surface area (Å²) in [6.07, 6.45) is 2.96. The maximum Gasteiger partial charge on any atom is 0.309 e. The largest absolute Gasteiger partial charge is 0.481 e. The van der Waals surface area contributed by atoms with Crippen molar-refractivity contribution < 1.29 is 14.6 Å². The molecule has 1 fully saturated rings. The van der Waals surface area contributed by atoms with E-state index in [0.29, 0.717) is 5.25 Å². The second kappa shape index (κ2) is 5.75. The summed E-state index contributed by atoms with van der Waals surface area (Å²) in [7, 11) is 0. The van der Waals surface area contributed by atoms with Crippen molar-refractivity contribution in [2.75, 3.05) is 19.0 Å². The van der Waals surface area contributed by atoms with Gasteiger partial charge in [0.2, 0.25) is 0 Å². The first-order chi connectivity index (χ1) is 7.02. The van der Waals surface area contributed by atoms with Crippen LogP contribution < -0.4 is 0 Å². The summed E-state index contributed by atoms with van der Waals surface area (Å²) in [4.78, 5) is 10.9. The van der Waals surface area contributed by atoms with Gasteiger partial charge in [0.05, 0.1) is 5.41 Å². The van der Waals surface area contributed by atoms with Gasteiger partial charge in [-0.25, -0.2) is 0 Å². The van der Waals surface area contributed by atoms with Gasteiger partial charge in [0.1, 0.15) is 0 Å². The minimum atomic E-state index is -0.699. The molecule has 0 aromatic rings. The topological polar surface area (TPSA) is 46.5 Å². The summed E-state index contributed by atoms with van der Waals surface area (Å²) < 4.78 is 5.28. The van der Waals surface area contributed by atoms with Crippen molar-refractivity contribution in [3.8, 4) is 0 Å². The lowest BCUT2D eigenvalue weighted by Gasteiger charge is -2.24. The third-order valence-electron chi connectivity index (χ3n) is 2.83. The minimum absolute atomic E-state index is 0.585. The minimum Gasteiger partial charge on any atom is -0.481 e. The summed E-state index contributed by atoms with van der Waals surface area (Å²) in [6.45, 7) is 5.31. The van der Waals surface area contributed by atoms with Crippen molar-refractivity contribution >= 4 is 17.7 Å². The first-order valence-electron chi connectivity index (χ1n) is 5.45. The van der Waals surface area contributed by atoms with Crippen LogP contribution >= 0.6 is 11.8 Å². The number of ether oxygens (including phenoxy) is 1. The summed E-state index contributed by atoms with van der Waals surface area (Å²) >= 11 is 1.90. The number of aliphatic carboxylic acids is 1. The molecule has 0 saturated carbocycles. The molecule has 0 unspecified atom stereocenters. The van der Waals surface area contributed by atoms with Gasteiger partial charge in [-0.05, 0) is 38.9 Å². The average Bonchev–Trinajstić information content (AvgIpc) is 2.19. The van der Waals surface area contributed by atoms with Crippen LogP contribution in [-0.4, -0.2) is 35.3 Å². The monoisotopic (exact) mass is 232 g/mol. The summed E-state index contributed by atoms with van der Waals surface area (Å²) in [5.41, 5.74) is -0.585. The standard InChI is InChI=1S/C11H20O3S/c1-11(2,10(12)13)5-8-15-9-3-6-14-7-4-9/h9H,3-8H2,1-2H3,(H,12,13). The van der Waals surface area contributed by atoms with Crippen molar-refractivity contribution in [3.63, 3.8) is 0 Å². The van der Waals surface area contributed by atoms with Crippen molar-refractivity contribution in [1.29, 1.82) is 0 Å². The molecular formula is C11H20O3S. The van der Waals surface area contributed by atoms with Gasteiger partial charge in [-0.2, -0.15) is 11.8 Å². The second-order valence-corrected chi connectivity index (χ2v) is 6.03. The molecule has 3 nitrogen and oxygen atoms in total. The van der Waals surface area contributed by atoms with Crippen LogP contribution in [0, 0.1) is 5.41 Å². The molecule has 0 amide bonds. The number of hydrogen-bond donors (Lipinski definition) is 1. The lowest BCUT2D eigenvalue weighted by molar-refractivity contribution is -0.146. The van der Waals surface area contributed by atoms with Gasteiger partial charge in [0.25, 0.3) is 0 Å². The number of carbonyl (C=O) groups is 1. The molecule has 1 N–H and O–H groups in total. The van der Waals surface area contributed by atoms with Gasteiger partial charge >= 0.3 is 5.97 Å². The van der Waals surface area contributed by atoms with Crippen molar-refractivity contribution in [1.82, 2.24) is 0 Å². The van der Waals surface area contributed by atoms with E-state index in [9.17, 15) is 4.79 Å². The van der Waals surface area contributed by atoms with Gasteiger partial charge < -0.3 is 9.84 Å². The molecule has 1 aliphatic heterocycles. The van der Waals surface area contributed by atoms with E-state index in [0.717, 1.165) is 38.2 Å². The van der Waals surface area contributed by atoms with E-state index in [1.807, 2.05) is 11.8 Å². The van der Waals surface area contributed by atoms with E-state index in [4.69, 9.17) is 9.84 Å². The van der Waals surface area contributed by atoms with Crippen LogP contribution in [0.25, 0.3) is 0 Å². The summed E-state index contributed by atoms with van der Waals surface area (Å²) in [5, 5.41) is 9.62. The molecule has 0 aromatic heterocycles. The van der Waals surface area contributed by atoms with Gasteiger partial charge in [0, 0.05) is 18.5 Å². The number of thioether (sulfide) groups is 1. The molecule has 1 aliphatic rings. The Bertz CT molecular complexity index is 210. The van der Waals surface area contributed by atoms with Crippen LogP contribution in [0.3, 0.4) is 0 Å². The Morgan fingerprint density at radius 3 is 2.60 bits per heavy atom. The van der Waals surface area contributed by atoms with Crippen molar-refractivity contribution in [3.05, 3.63) is 0 Å². The predicted octanol–water partition coefficient (Wildman–Crippen LogP) is 2.40. The molecule has 0 aliphatic carbocycles. The number of carboxylic acid groups (broad SMARTS) is 1. The molecule has 0 aromatic carbocycles. The molecule has 1 rings (SSSR count). The SMILES string of the molecule is CC(C)(CCSC1CCOCC1)C(=O)O. The van der Waals surface area contributed by atoms with Crippen LogP contribution in [0.1, 0.15) is 33.1 Å². The van der Waals surface area contributed by atoms with Crippen molar-refractivity contribution in [2.45, 2.75) is 38.4 Å². The third-order valence-corrected chi connectivity index (χ3v) is 4.21. The summed E-state index contributed by atoms with van der Waals surface area (Å²) in [5.74, 6) is 0.235. The zero-order valence-corrected chi connectivity index (χ0v) is 10.3. The Kier molecular flexibility index (Phi) is 4.93. The highest BCUT2D eigenvalue weighted by molar-refractivity contribution is 7.99. The van der Waals surface area contributed by atoms with E-state index >= 15 is 0 Å². The van der Waals surface area contributed by atoms with Crippen LogP contribution in [0.2, 0.25) is 0 Å². The highest BCUT2D eigenvalue weighted by Crippen LogP contribution is 2.28.